The van der Waals surface area contributed by atoms with Crippen LogP contribution in [0.25, 0.3) is 10.4 Å². The standard InChI is InChI=1S/C18H18N2O2S/c1-2-3-4-5-6-13-7-8-16(23-13)17-12(10-19)9-15(21)18(22)14(17)11-20/h7-9,21-22H,2-6H2,1H3. The average molecular weight is 326 g/mol. The van der Waals surface area contributed by atoms with E-state index < -0.39 is 11.5 Å². The summed E-state index contributed by atoms with van der Waals surface area (Å²) >= 11 is 1.52. The van der Waals surface area contributed by atoms with Gasteiger partial charge in [-0.05, 0) is 25.0 Å². The van der Waals surface area contributed by atoms with Gasteiger partial charge in [0, 0.05) is 21.4 Å². The highest BCUT2D eigenvalue weighted by Crippen LogP contribution is 2.41. The number of phenols is 2. The smallest absolute Gasteiger partial charge is 0.176 e. The molecule has 0 saturated heterocycles. The number of hydrogen-bond donors (Lipinski definition) is 2. The summed E-state index contributed by atoms with van der Waals surface area (Å²) < 4.78 is 0. The molecule has 2 rings (SSSR count). The summed E-state index contributed by atoms with van der Waals surface area (Å²) in [5, 5.41) is 38.1. The molecule has 2 N–H and O–H groups in total. The van der Waals surface area contributed by atoms with E-state index in [0.717, 1.165) is 17.7 Å². The van der Waals surface area contributed by atoms with E-state index in [1.165, 1.54) is 41.5 Å². The Morgan fingerprint density at radius 1 is 1.09 bits per heavy atom. The number of phenolic OH excluding ortho intramolecular Hbond substituents is 2. The quantitative estimate of drug-likeness (QED) is 0.595. The molecule has 0 radical (unpaired) electrons. The van der Waals surface area contributed by atoms with E-state index in [4.69, 9.17) is 0 Å². The number of aryl methyl sites for hydroxylation is 1. The van der Waals surface area contributed by atoms with Crippen LogP contribution in [-0.4, -0.2) is 10.2 Å². The Morgan fingerprint density at radius 2 is 1.87 bits per heavy atom. The lowest BCUT2D eigenvalue weighted by Crippen LogP contribution is -1.89. The fraction of sp³-hybridized carbons (Fsp3) is 0.333. The lowest BCUT2D eigenvalue weighted by atomic mass is 9.99. The van der Waals surface area contributed by atoms with Crippen LogP contribution in [0, 0.1) is 22.7 Å². The van der Waals surface area contributed by atoms with Crippen molar-refractivity contribution in [2.24, 2.45) is 0 Å². The van der Waals surface area contributed by atoms with Gasteiger partial charge in [0.25, 0.3) is 0 Å². The van der Waals surface area contributed by atoms with Crippen molar-refractivity contribution in [3.05, 3.63) is 34.2 Å². The summed E-state index contributed by atoms with van der Waals surface area (Å²) in [5.41, 5.74) is 0.535. The first-order valence-electron chi connectivity index (χ1n) is 7.60. The molecule has 1 aromatic heterocycles. The van der Waals surface area contributed by atoms with Gasteiger partial charge >= 0.3 is 0 Å². The summed E-state index contributed by atoms with van der Waals surface area (Å²) in [5.74, 6) is -0.919. The highest BCUT2D eigenvalue weighted by atomic mass is 32.1. The van der Waals surface area contributed by atoms with Crippen molar-refractivity contribution in [2.75, 3.05) is 0 Å². The lowest BCUT2D eigenvalue weighted by Gasteiger charge is -2.08. The maximum absolute atomic E-state index is 9.89. The summed E-state index contributed by atoms with van der Waals surface area (Å²) in [6.07, 6.45) is 5.70. The second kappa shape index (κ2) is 7.67. The number of nitriles is 2. The molecule has 23 heavy (non-hydrogen) atoms. The van der Waals surface area contributed by atoms with Gasteiger partial charge < -0.3 is 10.2 Å². The number of thiophene rings is 1. The minimum atomic E-state index is -0.473. The molecule has 0 atom stereocenters. The normalized spacial score (nSPS) is 10.2. The molecule has 4 nitrogen and oxygen atoms in total. The van der Waals surface area contributed by atoms with Gasteiger partial charge in [-0.25, -0.2) is 0 Å². The Morgan fingerprint density at radius 3 is 2.52 bits per heavy atom. The van der Waals surface area contributed by atoms with E-state index in [9.17, 15) is 20.7 Å². The molecule has 0 amide bonds. The number of nitrogens with zero attached hydrogens (tertiary/aromatic N) is 2. The van der Waals surface area contributed by atoms with Crippen molar-refractivity contribution in [1.82, 2.24) is 0 Å². The fourth-order valence-corrected chi connectivity index (χ4v) is 3.60. The molecule has 0 aliphatic rings. The highest BCUT2D eigenvalue weighted by Gasteiger charge is 2.20. The van der Waals surface area contributed by atoms with Crippen molar-refractivity contribution in [3.8, 4) is 34.1 Å². The van der Waals surface area contributed by atoms with E-state index >= 15 is 0 Å². The zero-order valence-electron chi connectivity index (χ0n) is 13.0. The third kappa shape index (κ3) is 3.64. The van der Waals surface area contributed by atoms with Crippen molar-refractivity contribution in [2.45, 2.75) is 39.0 Å². The number of rotatable bonds is 6. The second-order valence-corrected chi connectivity index (χ2v) is 6.51. The van der Waals surface area contributed by atoms with Crippen LogP contribution >= 0.6 is 11.3 Å². The SMILES string of the molecule is CCCCCCc1ccc(-c2c(C#N)cc(O)c(O)c2C#N)s1. The van der Waals surface area contributed by atoms with Crippen molar-refractivity contribution in [1.29, 1.82) is 10.5 Å². The lowest BCUT2D eigenvalue weighted by molar-refractivity contribution is 0.403. The molecule has 2 aromatic rings. The molecule has 0 spiro atoms. The Bertz CT molecular complexity index is 782. The molecular formula is C18H18N2O2S. The topological polar surface area (TPSA) is 88.0 Å². The fourth-order valence-electron chi connectivity index (χ4n) is 2.48. The van der Waals surface area contributed by atoms with Gasteiger partial charge in [0.05, 0.1) is 11.6 Å². The summed E-state index contributed by atoms with van der Waals surface area (Å²) in [4.78, 5) is 1.95. The van der Waals surface area contributed by atoms with Crippen LogP contribution in [0.4, 0.5) is 0 Å². The van der Waals surface area contributed by atoms with Gasteiger partial charge in [0.2, 0.25) is 0 Å². The van der Waals surface area contributed by atoms with E-state index in [1.54, 1.807) is 0 Å². The van der Waals surface area contributed by atoms with Crippen LogP contribution < -0.4 is 0 Å². The first-order valence-corrected chi connectivity index (χ1v) is 8.42. The first-order chi connectivity index (χ1) is 11.1. The van der Waals surface area contributed by atoms with Gasteiger partial charge in [0.1, 0.15) is 11.6 Å². The maximum atomic E-state index is 9.89. The van der Waals surface area contributed by atoms with Crippen LogP contribution in [-0.2, 0) is 6.42 Å². The minimum Gasteiger partial charge on any atom is -0.504 e. The highest BCUT2D eigenvalue weighted by molar-refractivity contribution is 7.15. The average Bonchev–Trinajstić information content (AvgIpc) is 3.02. The predicted molar refractivity (Wildman–Crippen MR) is 90.4 cm³/mol. The molecule has 0 bridgehead atoms. The second-order valence-electron chi connectivity index (χ2n) is 5.34. The monoisotopic (exact) mass is 326 g/mol. The third-order valence-corrected chi connectivity index (χ3v) is 4.86. The van der Waals surface area contributed by atoms with Crippen LogP contribution in [0.1, 0.15) is 48.6 Å². The first kappa shape index (κ1) is 16.9. The van der Waals surface area contributed by atoms with Crippen molar-refractivity contribution in [3.63, 3.8) is 0 Å². The number of aromatic hydroxyl groups is 2. The molecule has 0 unspecified atom stereocenters. The summed E-state index contributed by atoms with van der Waals surface area (Å²) in [6, 6.07) is 8.95. The Balaban J connectivity index is 2.36. The van der Waals surface area contributed by atoms with Crippen molar-refractivity contribution < 1.29 is 10.2 Å². The van der Waals surface area contributed by atoms with Gasteiger partial charge in [-0.3, -0.25) is 0 Å². The van der Waals surface area contributed by atoms with E-state index in [0.29, 0.717) is 5.56 Å². The Kier molecular flexibility index (Phi) is 5.62. The van der Waals surface area contributed by atoms with Crippen molar-refractivity contribution >= 4 is 11.3 Å². The van der Waals surface area contributed by atoms with Crippen LogP contribution in [0.2, 0.25) is 0 Å². The number of hydrogen-bond acceptors (Lipinski definition) is 5. The van der Waals surface area contributed by atoms with E-state index in [-0.39, 0.29) is 11.1 Å². The molecule has 1 aromatic carbocycles. The third-order valence-electron chi connectivity index (χ3n) is 3.70. The molecular weight excluding hydrogens is 308 g/mol. The summed E-state index contributed by atoms with van der Waals surface area (Å²) in [7, 11) is 0. The molecule has 0 aliphatic heterocycles. The van der Waals surface area contributed by atoms with Gasteiger partial charge in [0.15, 0.2) is 11.5 Å². The van der Waals surface area contributed by atoms with E-state index in [2.05, 4.69) is 6.92 Å². The number of unbranched alkanes of at least 4 members (excludes halogenated alkanes) is 3. The van der Waals surface area contributed by atoms with Crippen LogP contribution in [0.5, 0.6) is 11.5 Å². The molecule has 1 heterocycles. The van der Waals surface area contributed by atoms with Gasteiger partial charge in [-0.1, -0.05) is 26.2 Å². The van der Waals surface area contributed by atoms with Crippen LogP contribution in [0.15, 0.2) is 18.2 Å². The molecule has 5 heteroatoms. The maximum Gasteiger partial charge on any atom is 0.176 e. The molecule has 0 fully saturated rings. The van der Waals surface area contributed by atoms with Gasteiger partial charge in [-0.15, -0.1) is 11.3 Å². The molecule has 0 aliphatic carbocycles. The molecule has 0 saturated carbocycles. The van der Waals surface area contributed by atoms with Crippen LogP contribution in [0.3, 0.4) is 0 Å². The summed E-state index contributed by atoms with van der Waals surface area (Å²) in [6.45, 7) is 2.17. The Labute approximate surface area is 139 Å². The van der Waals surface area contributed by atoms with Gasteiger partial charge in [-0.2, -0.15) is 10.5 Å². The minimum absolute atomic E-state index is 0.0547. The zero-order valence-corrected chi connectivity index (χ0v) is 13.8. The largest absolute Gasteiger partial charge is 0.504 e. The Hall–Kier alpha value is -2.50. The molecule has 118 valence electrons. The van der Waals surface area contributed by atoms with E-state index in [1.807, 2.05) is 24.3 Å². The predicted octanol–water partition coefficient (Wildman–Crippen LogP) is 4.69. The number of benzene rings is 1. The zero-order chi connectivity index (χ0) is 16.8.